The third kappa shape index (κ3) is 2.94. The van der Waals surface area contributed by atoms with Crippen LogP contribution in [0.2, 0.25) is 0 Å². The zero-order valence-corrected chi connectivity index (χ0v) is 10.8. The molecule has 0 saturated heterocycles. The monoisotopic (exact) mass is 250 g/mol. The van der Waals surface area contributed by atoms with E-state index in [4.69, 9.17) is 5.73 Å². The van der Waals surface area contributed by atoms with E-state index < -0.39 is 0 Å². The molecule has 0 spiro atoms. The van der Waals surface area contributed by atoms with E-state index in [1.807, 2.05) is 13.1 Å². The Labute approximate surface area is 108 Å². The Hall–Kier alpha value is -1.26. The average Bonchev–Trinajstić information content (AvgIpc) is 2.34. The molecule has 2 unspecified atom stereocenters. The van der Waals surface area contributed by atoms with Crippen LogP contribution < -0.4 is 5.73 Å². The van der Waals surface area contributed by atoms with Gasteiger partial charge in [-0.1, -0.05) is 18.9 Å². The molecule has 0 amide bonds. The lowest BCUT2D eigenvalue weighted by molar-refractivity contribution is 0.0288. The van der Waals surface area contributed by atoms with E-state index in [1.54, 1.807) is 12.1 Å². The van der Waals surface area contributed by atoms with E-state index in [9.17, 15) is 10.2 Å². The van der Waals surface area contributed by atoms with E-state index >= 15 is 0 Å². The molecule has 1 saturated carbocycles. The number of likely N-dealkylation sites (N-methyl/N-ethyl adjacent to an activating group) is 1. The minimum atomic E-state index is -0.224. The fraction of sp³-hybridized carbons (Fsp3) is 0.571. The number of hydrogen-bond donors (Lipinski definition) is 3. The van der Waals surface area contributed by atoms with Gasteiger partial charge in [0.25, 0.3) is 0 Å². The average molecular weight is 250 g/mol. The second kappa shape index (κ2) is 5.59. The highest BCUT2D eigenvalue weighted by Crippen LogP contribution is 2.25. The summed E-state index contributed by atoms with van der Waals surface area (Å²) in [4.78, 5) is 2.18. The number of nitrogens with zero attached hydrogens (tertiary/aromatic N) is 1. The van der Waals surface area contributed by atoms with Crippen molar-refractivity contribution in [3.63, 3.8) is 0 Å². The van der Waals surface area contributed by atoms with Gasteiger partial charge in [0.2, 0.25) is 0 Å². The molecule has 0 aliphatic heterocycles. The van der Waals surface area contributed by atoms with E-state index in [0.717, 1.165) is 31.4 Å². The van der Waals surface area contributed by atoms with Crippen LogP contribution in [-0.4, -0.2) is 34.3 Å². The molecule has 2 atom stereocenters. The van der Waals surface area contributed by atoms with Crippen molar-refractivity contribution in [3.8, 4) is 5.75 Å². The number of rotatable bonds is 3. The maximum atomic E-state index is 10.0. The van der Waals surface area contributed by atoms with Crippen molar-refractivity contribution in [2.24, 2.45) is 0 Å². The Morgan fingerprint density at radius 1 is 1.33 bits per heavy atom. The lowest BCUT2D eigenvalue weighted by Gasteiger charge is -2.35. The van der Waals surface area contributed by atoms with Crippen LogP contribution in [-0.2, 0) is 6.54 Å². The molecule has 1 aliphatic rings. The molecule has 1 aromatic rings. The van der Waals surface area contributed by atoms with Gasteiger partial charge in [-0.2, -0.15) is 0 Å². The first-order chi connectivity index (χ1) is 8.58. The molecule has 0 radical (unpaired) electrons. The van der Waals surface area contributed by atoms with Gasteiger partial charge in [0.15, 0.2) is 0 Å². The van der Waals surface area contributed by atoms with Crippen LogP contribution in [0, 0.1) is 0 Å². The van der Waals surface area contributed by atoms with Crippen LogP contribution in [0.1, 0.15) is 31.2 Å². The highest BCUT2D eigenvalue weighted by Gasteiger charge is 2.26. The first-order valence-electron chi connectivity index (χ1n) is 6.53. The molecule has 18 heavy (non-hydrogen) atoms. The second-order valence-corrected chi connectivity index (χ2v) is 5.23. The van der Waals surface area contributed by atoms with Gasteiger partial charge in [0.05, 0.1) is 11.8 Å². The SMILES string of the molecule is CN(Cc1ccc(O)c(N)c1)C1CCCCC1O. The number of nitrogen functional groups attached to an aromatic ring is 1. The highest BCUT2D eigenvalue weighted by molar-refractivity contribution is 5.53. The summed E-state index contributed by atoms with van der Waals surface area (Å²) in [6, 6.07) is 5.52. The molecule has 4 heteroatoms. The van der Waals surface area contributed by atoms with Gasteiger partial charge in [-0.3, -0.25) is 4.90 Å². The van der Waals surface area contributed by atoms with Gasteiger partial charge in [-0.05, 0) is 37.6 Å². The Morgan fingerprint density at radius 2 is 2.06 bits per heavy atom. The number of hydrogen-bond acceptors (Lipinski definition) is 4. The number of phenols is 1. The fourth-order valence-electron chi connectivity index (χ4n) is 2.71. The zero-order chi connectivity index (χ0) is 13.1. The Balaban J connectivity index is 2.01. The summed E-state index contributed by atoms with van der Waals surface area (Å²) in [5.74, 6) is 0.124. The maximum absolute atomic E-state index is 10.0. The van der Waals surface area contributed by atoms with Crippen LogP contribution >= 0.6 is 0 Å². The molecule has 0 bridgehead atoms. The molecular weight excluding hydrogens is 228 g/mol. The zero-order valence-electron chi connectivity index (χ0n) is 10.8. The van der Waals surface area contributed by atoms with Crippen molar-refractivity contribution in [1.82, 2.24) is 4.90 Å². The van der Waals surface area contributed by atoms with Gasteiger partial charge >= 0.3 is 0 Å². The van der Waals surface area contributed by atoms with Crippen LogP contribution in [0.3, 0.4) is 0 Å². The topological polar surface area (TPSA) is 69.7 Å². The second-order valence-electron chi connectivity index (χ2n) is 5.23. The quantitative estimate of drug-likeness (QED) is 0.564. The van der Waals surface area contributed by atoms with Crippen LogP contribution in [0.25, 0.3) is 0 Å². The number of aromatic hydroxyl groups is 1. The van der Waals surface area contributed by atoms with Crippen molar-refractivity contribution in [2.75, 3.05) is 12.8 Å². The predicted molar refractivity (Wildman–Crippen MR) is 72.2 cm³/mol. The van der Waals surface area contributed by atoms with Crippen molar-refractivity contribution in [2.45, 2.75) is 44.4 Å². The summed E-state index contributed by atoms with van der Waals surface area (Å²) in [6.45, 7) is 0.742. The molecule has 2 rings (SSSR count). The molecule has 4 nitrogen and oxygen atoms in total. The molecule has 1 aromatic carbocycles. The summed E-state index contributed by atoms with van der Waals surface area (Å²) in [7, 11) is 2.03. The fourth-order valence-corrected chi connectivity index (χ4v) is 2.71. The number of benzene rings is 1. The highest BCUT2D eigenvalue weighted by atomic mass is 16.3. The summed E-state index contributed by atoms with van der Waals surface area (Å²) < 4.78 is 0. The van der Waals surface area contributed by atoms with Crippen molar-refractivity contribution < 1.29 is 10.2 Å². The lowest BCUT2D eigenvalue weighted by Crippen LogP contribution is -2.42. The van der Waals surface area contributed by atoms with Crippen molar-refractivity contribution in [3.05, 3.63) is 23.8 Å². The Morgan fingerprint density at radius 3 is 2.72 bits per heavy atom. The summed E-state index contributed by atoms with van der Waals surface area (Å²) in [5, 5.41) is 19.4. The van der Waals surface area contributed by atoms with Crippen molar-refractivity contribution >= 4 is 5.69 Å². The number of phenolic OH excluding ortho intramolecular Hbond substituents is 1. The normalized spacial score (nSPS) is 24.4. The first-order valence-corrected chi connectivity index (χ1v) is 6.53. The minimum Gasteiger partial charge on any atom is -0.506 e. The number of nitrogens with two attached hydrogens (primary N) is 1. The Bertz CT molecular complexity index is 409. The van der Waals surface area contributed by atoms with E-state index in [0.29, 0.717) is 5.69 Å². The van der Waals surface area contributed by atoms with Gasteiger partial charge in [-0.15, -0.1) is 0 Å². The number of aliphatic hydroxyl groups excluding tert-OH is 1. The largest absolute Gasteiger partial charge is 0.506 e. The third-order valence-electron chi connectivity index (χ3n) is 3.78. The van der Waals surface area contributed by atoms with E-state index in [2.05, 4.69) is 4.90 Å². The molecule has 0 heterocycles. The molecule has 100 valence electrons. The van der Waals surface area contributed by atoms with Gasteiger partial charge in [0.1, 0.15) is 5.75 Å². The summed E-state index contributed by atoms with van der Waals surface area (Å²) in [6.07, 6.45) is 4.03. The molecule has 1 aliphatic carbocycles. The summed E-state index contributed by atoms with van der Waals surface area (Å²) in [5.41, 5.74) is 7.15. The number of anilines is 1. The predicted octanol–water partition coefficient (Wildman–Crippen LogP) is 1.71. The smallest absolute Gasteiger partial charge is 0.138 e. The van der Waals surface area contributed by atoms with Crippen LogP contribution in [0.5, 0.6) is 5.75 Å². The molecule has 1 fully saturated rings. The lowest BCUT2D eigenvalue weighted by atomic mass is 9.91. The first kappa shape index (κ1) is 13.2. The van der Waals surface area contributed by atoms with Gasteiger partial charge < -0.3 is 15.9 Å². The van der Waals surface area contributed by atoms with Crippen molar-refractivity contribution in [1.29, 1.82) is 0 Å². The van der Waals surface area contributed by atoms with E-state index in [1.165, 1.54) is 6.42 Å². The van der Waals surface area contributed by atoms with E-state index in [-0.39, 0.29) is 17.9 Å². The third-order valence-corrected chi connectivity index (χ3v) is 3.78. The van der Waals surface area contributed by atoms with Gasteiger partial charge in [-0.25, -0.2) is 0 Å². The minimum absolute atomic E-state index is 0.124. The molecular formula is C14H22N2O2. The molecule has 4 N–H and O–H groups in total. The Kier molecular flexibility index (Phi) is 4.09. The van der Waals surface area contributed by atoms with Crippen LogP contribution in [0.4, 0.5) is 5.69 Å². The molecule has 0 aromatic heterocycles. The standard InChI is InChI=1S/C14H22N2O2/c1-16(12-4-2-3-5-14(12)18)9-10-6-7-13(17)11(15)8-10/h6-8,12,14,17-18H,2-5,9,15H2,1H3. The maximum Gasteiger partial charge on any atom is 0.138 e. The number of aliphatic hydroxyl groups is 1. The summed E-state index contributed by atoms with van der Waals surface area (Å²) >= 11 is 0. The van der Waals surface area contributed by atoms with Gasteiger partial charge in [0, 0.05) is 12.6 Å². The van der Waals surface area contributed by atoms with Crippen LogP contribution in [0.15, 0.2) is 18.2 Å².